The van der Waals surface area contributed by atoms with E-state index in [1.54, 1.807) is 0 Å². The van der Waals surface area contributed by atoms with Crippen LogP contribution in [-0.2, 0) is 11.8 Å². The molecule has 4 nitrogen and oxygen atoms in total. The molecular weight excluding hydrogens is 274 g/mol. The molecule has 2 heterocycles. The SMILES string of the molecule is CCC(=O)N1C[C@@H](N(C)C)[C@H](c2cn(C)c3ccccc23)C1. The van der Waals surface area contributed by atoms with Gasteiger partial charge >= 0.3 is 0 Å². The van der Waals surface area contributed by atoms with Crippen molar-refractivity contribution in [2.45, 2.75) is 25.3 Å². The molecule has 0 bridgehead atoms. The molecule has 118 valence electrons. The molecule has 2 aromatic rings. The molecule has 0 N–H and O–H groups in total. The normalized spacial score (nSPS) is 22.0. The van der Waals surface area contributed by atoms with Crippen LogP contribution in [0.4, 0.5) is 0 Å². The average Bonchev–Trinajstić information content (AvgIpc) is 3.09. The first kappa shape index (κ1) is 15.1. The van der Waals surface area contributed by atoms with E-state index in [4.69, 9.17) is 0 Å². The van der Waals surface area contributed by atoms with Crippen molar-refractivity contribution in [1.82, 2.24) is 14.4 Å². The van der Waals surface area contributed by atoms with Crippen LogP contribution in [0.3, 0.4) is 0 Å². The maximum Gasteiger partial charge on any atom is 0.222 e. The van der Waals surface area contributed by atoms with Gasteiger partial charge in [-0.2, -0.15) is 0 Å². The molecule has 22 heavy (non-hydrogen) atoms. The van der Waals surface area contributed by atoms with Crippen molar-refractivity contribution < 1.29 is 4.79 Å². The molecular formula is C18H25N3O. The summed E-state index contributed by atoms with van der Waals surface area (Å²) >= 11 is 0. The quantitative estimate of drug-likeness (QED) is 0.871. The Labute approximate surface area is 132 Å². The fourth-order valence-electron chi connectivity index (χ4n) is 3.71. The molecule has 2 atom stereocenters. The summed E-state index contributed by atoms with van der Waals surface area (Å²) in [6, 6.07) is 8.91. The van der Waals surface area contributed by atoms with Crippen molar-refractivity contribution in [1.29, 1.82) is 0 Å². The van der Waals surface area contributed by atoms with Crippen molar-refractivity contribution in [2.24, 2.45) is 7.05 Å². The zero-order chi connectivity index (χ0) is 15.9. The standard InChI is InChI=1S/C18H25N3O/c1-5-18(22)21-11-15(17(12-21)19(2)3)14-10-20(4)16-9-7-6-8-13(14)16/h6-10,15,17H,5,11-12H2,1-4H3/t15-,17+/m0/s1. The number of para-hydroxylation sites is 1. The molecule has 1 aliphatic rings. The Bertz CT molecular complexity index is 689. The number of aryl methyl sites for hydroxylation is 1. The molecule has 1 aliphatic heterocycles. The van der Waals surface area contributed by atoms with Gasteiger partial charge in [0.2, 0.25) is 5.91 Å². The smallest absolute Gasteiger partial charge is 0.222 e. The Balaban J connectivity index is 2.02. The van der Waals surface area contributed by atoms with Gasteiger partial charge in [-0.3, -0.25) is 4.79 Å². The first-order valence-electron chi connectivity index (χ1n) is 8.01. The average molecular weight is 299 g/mol. The van der Waals surface area contributed by atoms with Gasteiger partial charge in [0.25, 0.3) is 0 Å². The highest BCUT2D eigenvalue weighted by molar-refractivity contribution is 5.85. The third-order valence-electron chi connectivity index (χ3n) is 4.93. The zero-order valence-electron chi connectivity index (χ0n) is 13.9. The Morgan fingerprint density at radius 3 is 2.68 bits per heavy atom. The summed E-state index contributed by atoms with van der Waals surface area (Å²) in [6.07, 6.45) is 2.83. The lowest BCUT2D eigenvalue weighted by molar-refractivity contribution is -0.129. The van der Waals surface area contributed by atoms with Gasteiger partial charge < -0.3 is 14.4 Å². The molecule has 1 fully saturated rings. The number of likely N-dealkylation sites (N-methyl/N-ethyl adjacent to an activating group) is 1. The number of likely N-dealkylation sites (tertiary alicyclic amines) is 1. The first-order chi connectivity index (χ1) is 10.5. The van der Waals surface area contributed by atoms with E-state index in [0.717, 1.165) is 13.1 Å². The highest BCUT2D eigenvalue weighted by Gasteiger charge is 2.38. The topological polar surface area (TPSA) is 28.5 Å². The molecule has 0 aliphatic carbocycles. The van der Waals surface area contributed by atoms with Gasteiger partial charge in [-0.25, -0.2) is 0 Å². The summed E-state index contributed by atoms with van der Waals surface area (Å²) in [4.78, 5) is 16.4. The molecule has 4 heteroatoms. The van der Waals surface area contributed by atoms with Crippen LogP contribution in [0.15, 0.2) is 30.5 Å². The first-order valence-corrected chi connectivity index (χ1v) is 8.01. The van der Waals surface area contributed by atoms with Gasteiger partial charge in [0.15, 0.2) is 0 Å². The number of amides is 1. The molecule has 1 amide bonds. The second-order valence-electron chi connectivity index (χ2n) is 6.50. The van der Waals surface area contributed by atoms with E-state index in [-0.39, 0.29) is 5.91 Å². The van der Waals surface area contributed by atoms with Crippen LogP contribution in [0.25, 0.3) is 10.9 Å². The van der Waals surface area contributed by atoms with Crippen molar-refractivity contribution in [3.05, 3.63) is 36.0 Å². The summed E-state index contributed by atoms with van der Waals surface area (Å²) < 4.78 is 2.20. The van der Waals surface area contributed by atoms with Crippen LogP contribution in [0.1, 0.15) is 24.8 Å². The molecule has 1 aromatic heterocycles. The van der Waals surface area contributed by atoms with Crippen LogP contribution in [0, 0.1) is 0 Å². The third kappa shape index (κ3) is 2.41. The van der Waals surface area contributed by atoms with Crippen molar-refractivity contribution in [2.75, 3.05) is 27.2 Å². The number of carbonyl (C=O) groups excluding carboxylic acids is 1. The number of benzene rings is 1. The van der Waals surface area contributed by atoms with E-state index in [0.29, 0.717) is 18.4 Å². The van der Waals surface area contributed by atoms with E-state index in [1.807, 2.05) is 11.8 Å². The van der Waals surface area contributed by atoms with Gasteiger partial charge in [-0.15, -0.1) is 0 Å². The monoisotopic (exact) mass is 299 g/mol. The maximum atomic E-state index is 12.1. The molecule has 1 saturated heterocycles. The van der Waals surface area contributed by atoms with Gasteiger partial charge in [0.05, 0.1) is 0 Å². The molecule has 3 rings (SSSR count). The number of rotatable bonds is 3. The van der Waals surface area contributed by atoms with Gasteiger partial charge in [-0.1, -0.05) is 25.1 Å². The Morgan fingerprint density at radius 2 is 2.00 bits per heavy atom. The number of hydrogen-bond donors (Lipinski definition) is 0. The van der Waals surface area contributed by atoms with Crippen LogP contribution in [-0.4, -0.2) is 53.5 Å². The van der Waals surface area contributed by atoms with Crippen molar-refractivity contribution in [3.8, 4) is 0 Å². The highest BCUT2D eigenvalue weighted by atomic mass is 16.2. The van der Waals surface area contributed by atoms with Crippen molar-refractivity contribution in [3.63, 3.8) is 0 Å². The lowest BCUT2D eigenvalue weighted by atomic mass is 9.93. The third-order valence-corrected chi connectivity index (χ3v) is 4.93. The molecule has 1 aromatic carbocycles. The number of carbonyl (C=O) groups is 1. The number of nitrogens with zero attached hydrogens (tertiary/aromatic N) is 3. The van der Waals surface area contributed by atoms with E-state index < -0.39 is 0 Å². The molecule has 0 spiro atoms. The zero-order valence-corrected chi connectivity index (χ0v) is 13.9. The summed E-state index contributed by atoms with van der Waals surface area (Å²) in [6.45, 7) is 3.59. The lowest BCUT2D eigenvalue weighted by Crippen LogP contribution is -2.35. The van der Waals surface area contributed by atoms with Crippen LogP contribution >= 0.6 is 0 Å². The summed E-state index contributed by atoms with van der Waals surface area (Å²) in [5.74, 6) is 0.631. The number of hydrogen-bond acceptors (Lipinski definition) is 2. The van der Waals surface area contributed by atoms with Gasteiger partial charge in [0.1, 0.15) is 0 Å². The maximum absolute atomic E-state index is 12.1. The van der Waals surface area contributed by atoms with E-state index in [1.165, 1.54) is 16.5 Å². The number of aromatic nitrogens is 1. The Morgan fingerprint density at radius 1 is 1.27 bits per heavy atom. The second kappa shape index (κ2) is 5.76. The van der Waals surface area contributed by atoms with Crippen LogP contribution < -0.4 is 0 Å². The van der Waals surface area contributed by atoms with Crippen LogP contribution in [0.2, 0.25) is 0 Å². The summed E-state index contributed by atoms with van der Waals surface area (Å²) in [5.41, 5.74) is 2.62. The van der Waals surface area contributed by atoms with E-state index in [9.17, 15) is 4.79 Å². The second-order valence-corrected chi connectivity index (χ2v) is 6.50. The Kier molecular flexibility index (Phi) is 3.96. The lowest BCUT2D eigenvalue weighted by Gasteiger charge is -2.24. The van der Waals surface area contributed by atoms with Gasteiger partial charge in [0, 0.05) is 55.6 Å². The van der Waals surface area contributed by atoms with Gasteiger partial charge in [-0.05, 0) is 25.7 Å². The minimum atomic E-state index is 0.259. The van der Waals surface area contributed by atoms with Crippen molar-refractivity contribution >= 4 is 16.8 Å². The summed E-state index contributed by atoms with van der Waals surface area (Å²) in [7, 11) is 6.33. The predicted octanol–water partition coefficient (Wildman–Crippen LogP) is 2.44. The molecule has 0 saturated carbocycles. The summed E-state index contributed by atoms with van der Waals surface area (Å²) in [5, 5.41) is 1.31. The minimum absolute atomic E-state index is 0.259. The van der Waals surface area contributed by atoms with Crippen LogP contribution in [0.5, 0.6) is 0 Å². The Hall–Kier alpha value is -1.81. The predicted molar refractivity (Wildman–Crippen MR) is 90.0 cm³/mol. The molecule has 0 unspecified atom stereocenters. The van der Waals surface area contributed by atoms with E-state index in [2.05, 4.69) is 61.1 Å². The molecule has 0 radical (unpaired) electrons. The minimum Gasteiger partial charge on any atom is -0.350 e. The number of fused-ring (bicyclic) bond motifs is 1. The fraction of sp³-hybridized carbons (Fsp3) is 0.500. The highest BCUT2D eigenvalue weighted by Crippen LogP contribution is 2.35. The fourth-order valence-corrected chi connectivity index (χ4v) is 3.71. The largest absolute Gasteiger partial charge is 0.350 e. The van der Waals surface area contributed by atoms with E-state index >= 15 is 0 Å².